The van der Waals surface area contributed by atoms with Gasteiger partial charge in [0.25, 0.3) is 5.91 Å². The van der Waals surface area contributed by atoms with Crippen LogP contribution in [0.25, 0.3) is 0 Å². The number of nitrogens with one attached hydrogen (secondary N) is 1. The lowest BCUT2D eigenvalue weighted by Crippen LogP contribution is -2.32. The molecular weight excluding hydrogens is 216 g/mol. The highest BCUT2D eigenvalue weighted by Gasteiger charge is 2.42. The highest BCUT2D eigenvalue weighted by Crippen LogP contribution is 2.44. The van der Waals surface area contributed by atoms with Crippen molar-refractivity contribution in [1.29, 1.82) is 0 Å². The lowest BCUT2D eigenvalue weighted by molar-refractivity contribution is 0.0934. The molecule has 0 spiro atoms. The highest BCUT2D eigenvalue weighted by atomic mass is 16.3. The number of hydrogen-bond acceptors (Lipinski definition) is 3. The van der Waals surface area contributed by atoms with E-state index >= 15 is 0 Å². The summed E-state index contributed by atoms with van der Waals surface area (Å²) in [5.41, 5.74) is 2.22. The van der Waals surface area contributed by atoms with Crippen LogP contribution in [0.15, 0.2) is 12.1 Å². The first-order chi connectivity index (χ1) is 8.06. The van der Waals surface area contributed by atoms with Crippen molar-refractivity contribution >= 4 is 5.91 Å². The zero-order valence-corrected chi connectivity index (χ0v) is 10.3. The number of carbonyl (C=O) groups excluding carboxylic acids is 1. The smallest absolute Gasteiger partial charge is 0.253 e. The van der Waals surface area contributed by atoms with Crippen LogP contribution >= 0.6 is 0 Å². The van der Waals surface area contributed by atoms with Gasteiger partial charge in [0.1, 0.15) is 0 Å². The fourth-order valence-corrected chi connectivity index (χ4v) is 1.86. The van der Waals surface area contributed by atoms with Gasteiger partial charge in [0, 0.05) is 17.7 Å². The number of amides is 1. The summed E-state index contributed by atoms with van der Waals surface area (Å²) in [5.74, 6) is -0.102. The van der Waals surface area contributed by atoms with E-state index in [1.807, 2.05) is 19.9 Å². The molecule has 0 bridgehead atoms. The van der Waals surface area contributed by atoms with Gasteiger partial charge in [-0.05, 0) is 38.8 Å². The number of rotatable bonds is 4. The van der Waals surface area contributed by atoms with Crippen LogP contribution in [-0.4, -0.2) is 29.1 Å². The van der Waals surface area contributed by atoms with Crippen LogP contribution in [0, 0.1) is 19.3 Å². The molecule has 1 aromatic rings. The highest BCUT2D eigenvalue weighted by molar-refractivity contribution is 5.95. The standard InChI is InChI=1S/C13H18N2O2/c1-9-3-4-11(10(2)15-9)12(17)14-7-13(8-16)5-6-13/h3-4,16H,5-8H2,1-2H3,(H,14,17). The van der Waals surface area contributed by atoms with Gasteiger partial charge in [0.15, 0.2) is 0 Å². The van der Waals surface area contributed by atoms with Crippen molar-refractivity contribution in [2.45, 2.75) is 26.7 Å². The summed E-state index contributed by atoms with van der Waals surface area (Å²) < 4.78 is 0. The van der Waals surface area contributed by atoms with Gasteiger partial charge in [0.2, 0.25) is 0 Å². The molecule has 0 saturated heterocycles. The van der Waals surface area contributed by atoms with Gasteiger partial charge in [-0.25, -0.2) is 0 Å². The van der Waals surface area contributed by atoms with Gasteiger partial charge in [-0.15, -0.1) is 0 Å². The molecule has 1 aliphatic rings. The predicted octanol–water partition coefficient (Wildman–Crippen LogP) is 1.20. The molecule has 2 rings (SSSR count). The molecule has 0 aliphatic heterocycles. The lowest BCUT2D eigenvalue weighted by atomic mass is 10.1. The number of pyridine rings is 1. The van der Waals surface area contributed by atoms with E-state index in [2.05, 4.69) is 10.3 Å². The molecule has 0 atom stereocenters. The lowest BCUT2D eigenvalue weighted by Gasteiger charge is -2.13. The Kier molecular flexibility index (Phi) is 3.15. The number of nitrogens with zero attached hydrogens (tertiary/aromatic N) is 1. The van der Waals surface area contributed by atoms with Gasteiger partial charge in [-0.2, -0.15) is 0 Å². The Labute approximate surface area is 101 Å². The third-order valence-corrected chi connectivity index (χ3v) is 3.39. The Bertz CT molecular complexity index is 439. The number of hydrogen-bond donors (Lipinski definition) is 2. The first kappa shape index (κ1) is 12.0. The van der Waals surface area contributed by atoms with E-state index in [0.29, 0.717) is 12.1 Å². The first-order valence-electron chi connectivity index (χ1n) is 5.90. The molecule has 17 heavy (non-hydrogen) atoms. The Morgan fingerprint density at radius 2 is 2.18 bits per heavy atom. The van der Waals surface area contributed by atoms with Gasteiger partial charge in [-0.1, -0.05) is 0 Å². The molecule has 4 heteroatoms. The molecule has 4 nitrogen and oxygen atoms in total. The second kappa shape index (κ2) is 4.45. The van der Waals surface area contributed by atoms with Crippen molar-refractivity contribution < 1.29 is 9.90 Å². The third-order valence-electron chi connectivity index (χ3n) is 3.39. The fraction of sp³-hybridized carbons (Fsp3) is 0.538. The van der Waals surface area contributed by atoms with Gasteiger partial charge in [0.05, 0.1) is 17.9 Å². The molecule has 1 aliphatic carbocycles. The van der Waals surface area contributed by atoms with Crippen LogP contribution in [0.4, 0.5) is 0 Å². The van der Waals surface area contributed by atoms with Gasteiger partial charge < -0.3 is 10.4 Å². The van der Waals surface area contributed by atoms with E-state index in [1.54, 1.807) is 6.07 Å². The Balaban J connectivity index is 2.00. The maximum absolute atomic E-state index is 11.9. The minimum Gasteiger partial charge on any atom is -0.396 e. The molecule has 0 radical (unpaired) electrons. The summed E-state index contributed by atoms with van der Waals surface area (Å²) in [7, 11) is 0. The summed E-state index contributed by atoms with van der Waals surface area (Å²) >= 11 is 0. The molecule has 2 N–H and O–H groups in total. The molecular formula is C13H18N2O2. The average molecular weight is 234 g/mol. The molecule has 1 amide bonds. The van der Waals surface area contributed by atoms with Crippen molar-refractivity contribution in [3.8, 4) is 0 Å². The summed E-state index contributed by atoms with van der Waals surface area (Å²) in [6.45, 7) is 4.44. The second-order valence-corrected chi connectivity index (χ2v) is 4.93. The van der Waals surface area contributed by atoms with Crippen molar-refractivity contribution in [2.24, 2.45) is 5.41 Å². The largest absolute Gasteiger partial charge is 0.396 e. The SMILES string of the molecule is Cc1ccc(C(=O)NCC2(CO)CC2)c(C)n1. The first-order valence-corrected chi connectivity index (χ1v) is 5.90. The Hall–Kier alpha value is -1.42. The Morgan fingerprint density at radius 3 is 2.71 bits per heavy atom. The van der Waals surface area contributed by atoms with Gasteiger partial charge in [-0.3, -0.25) is 9.78 Å². The number of aliphatic hydroxyl groups is 1. The number of carbonyl (C=O) groups is 1. The number of aryl methyl sites for hydroxylation is 2. The zero-order valence-electron chi connectivity index (χ0n) is 10.3. The summed E-state index contributed by atoms with van der Waals surface area (Å²) in [6, 6.07) is 3.63. The van der Waals surface area contributed by atoms with Crippen LogP contribution in [0.2, 0.25) is 0 Å². The topological polar surface area (TPSA) is 62.2 Å². The molecule has 0 aromatic carbocycles. The van der Waals surface area contributed by atoms with Gasteiger partial charge >= 0.3 is 0 Å². The van der Waals surface area contributed by atoms with E-state index in [1.165, 1.54) is 0 Å². The zero-order chi connectivity index (χ0) is 12.5. The third kappa shape index (κ3) is 2.64. The number of aliphatic hydroxyl groups excluding tert-OH is 1. The Morgan fingerprint density at radius 1 is 1.47 bits per heavy atom. The summed E-state index contributed by atoms with van der Waals surface area (Å²) in [5, 5.41) is 12.0. The fourth-order valence-electron chi connectivity index (χ4n) is 1.86. The maximum Gasteiger partial charge on any atom is 0.253 e. The van der Waals surface area contributed by atoms with Crippen molar-refractivity contribution in [3.63, 3.8) is 0 Å². The normalized spacial score (nSPS) is 16.6. The second-order valence-electron chi connectivity index (χ2n) is 4.93. The molecule has 0 unspecified atom stereocenters. The monoisotopic (exact) mass is 234 g/mol. The van der Waals surface area contributed by atoms with E-state index in [9.17, 15) is 4.79 Å². The molecule has 1 saturated carbocycles. The van der Waals surface area contributed by atoms with E-state index in [0.717, 1.165) is 24.2 Å². The summed E-state index contributed by atoms with van der Waals surface area (Å²) in [6.07, 6.45) is 1.99. The maximum atomic E-state index is 11.9. The number of aromatic nitrogens is 1. The van der Waals surface area contributed by atoms with Crippen molar-refractivity contribution in [1.82, 2.24) is 10.3 Å². The van der Waals surface area contributed by atoms with Crippen LogP contribution in [-0.2, 0) is 0 Å². The quantitative estimate of drug-likeness (QED) is 0.823. The average Bonchev–Trinajstić information content (AvgIpc) is 3.07. The molecule has 1 fully saturated rings. The van der Waals surface area contributed by atoms with Crippen molar-refractivity contribution in [3.05, 3.63) is 29.1 Å². The van der Waals surface area contributed by atoms with Crippen LogP contribution < -0.4 is 5.32 Å². The van der Waals surface area contributed by atoms with Crippen LogP contribution in [0.5, 0.6) is 0 Å². The van der Waals surface area contributed by atoms with Crippen LogP contribution in [0.1, 0.15) is 34.6 Å². The minimum absolute atomic E-state index is 0.0539. The predicted molar refractivity (Wildman–Crippen MR) is 64.8 cm³/mol. The van der Waals surface area contributed by atoms with E-state index in [4.69, 9.17) is 5.11 Å². The molecule has 1 heterocycles. The van der Waals surface area contributed by atoms with Crippen molar-refractivity contribution in [2.75, 3.05) is 13.2 Å². The molecule has 1 aromatic heterocycles. The van der Waals surface area contributed by atoms with E-state index < -0.39 is 0 Å². The minimum atomic E-state index is -0.102. The van der Waals surface area contributed by atoms with Crippen LogP contribution in [0.3, 0.4) is 0 Å². The van der Waals surface area contributed by atoms with E-state index in [-0.39, 0.29) is 17.9 Å². The molecule has 92 valence electrons. The summed E-state index contributed by atoms with van der Waals surface area (Å²) in [4.78, 5) is 16.2.